The molecule has 1 aromatic rings. The molecule has 1 fully saturated rings. The van der Waals surface area contributed by atoms with Crippen LogP contribution in [0.5, 0.6) is 0 Å². The molecule has 1 unspecified atom stereocenters. The van der Waals surface area contributed by atoms with Gasteiger partial charge in [0, 0.05) is 23.8 Å². The highest BCUT2D eigenvalue weighted by Crippen LogP contribution is 2.21. The number of hydrogen-bond donors (Lipinski definition) is 1. The van der Waals surface area contributed by atoms with E-state index in [1.54, 1.807) is 11.0 Å². The quantitative estimate of drug-likeness (QED) is 0.818. The van der Waals surface area contributed by atoms with Gasteiger partial charge >= 0.3 is 6.09 Å². The smallest absolute Gasteiger partial charge is 0.407 e. The van der Waals surface area contributed by atoms with Crippen LogP contribution in [0.1, 0.15) is 16.8 Å². The molecule has 8 heteroatoms. The number of carbonyl (C=O) groups is 2. The number of hydrogen-bond acceptors (Lipinski definition) is 4. The van der Waals surface area contributed by atoms with Crippen LogP contribution in [0.25, 0.3) is 0 Å². The predicted molar refractivity (Wildman–Crippen MR) is 76.8 cm³/mol. The van der Waals surface area contributed by atoms with Gasteiger partial charge in [0.2, 0.25) is 0 Å². The van der Waals surface area contributed by atoms with E-state index in [2.05, 4.69) is 31.0 Å². The monoisotopic (exact) mass is 361 g/mol. The van der Waals surface area contributed by atoms with E-state index >= 15 is 0 Å². The summed E-state index contributed by atoms with van der Waals surface area (Å²) in [6.45, 7) is 0.979. The van der Waals surface area contributed by atoms with Crippen LogP contribution in [0.4, 0.5) is 4.79 Å². The minimum Gasteiger partial charge on any atom is -0.453 e. The van der Waals surface area contributed by atoms with E-state index in [0.717, 1.165) is 0 Å². The maximum absolute atomic E-state index is 12.4. The summed E-state index contributed by atoms with van der Waals surface area (Å²) in [7, 11) is 1.31. The van der Waals surface area contributed by atoms with Gasteiger partial charge < -0.3 is 15.0 Å². The molecule has 2 amide bonds. The highest BCUT2D eigenvalue weighted by atomic mass is 79.9. The molecule has 1 saturated heterocycles. The fourth-order valence-corrected chi connectivity index (χ4v) is 2.55. The van der Waals surface area contributed by atoms with Gasteiger partial charge in [0.05, 0.1) is 18.7 Å². The third-order valence-corrected chi connectivity index (χ3v) is 3.75. The molecule has 0 saturated carbocycles. The van der Waals surface area contributed by atoms with Gasteiger partial charge in [-0.2, -0.15) is 0 Å². The molecule has 0 aliphatic carbocycles. The average Bonchev–Trinajstić information content (AvgIpc) is 2.89. The molecule has 108 valence electrons. The summed E-state index contributed by atoms with van der Waals surface area (Å²) in [4.78, 5) is 29.1. The van der Waals surface area contributed by atoms with Gasteiger partial charge in [0.25, 0.3) is 5.91 Å². The van der Waals surface area contributed by atoms with Crippen molar-refractivity contribution in [3.8, 4) is 0 Å². The Hall–Kier alpha value is -1.34. The van der Waals surface area contributed by atoms with Crippen molar-refractivity contribution < 1.29 is 14.3 Å². The molecule has 1 atom stereocenters. The van der Waals surface area contributed by atoms with Crippen molar-refractivity contribution in [2.75, 3.05) is 20.2 Å². The summed E-state index contributed by atoms with van der Waals surface area (Å²) in [5.74, 6) is -0.196. The number of alkyl carbamates (subject to hydrolysis) is 1. The second kappa shape index (κ2) is 6.41. The van der Waals surface area contributed by atoms with Gasteiger partial charge in [0.15, 0.2) is 0 Å². The predicted octanol–water partition coefficient (Wildman–Crippen LogP) is 2.07. The lowest BCUT2D eigenvalue weighted by atomic mass is 10.2. The van der Waals surface area contributed by atoms with Crippen LogP contribution in [0, 0.1) is 0 Å². The van der Waals surface area contributed by atoms with Gasteiger partial charge in [-0.25, -0.2) is 9.78 Å². The van der Waals surface area contributed by atoms with E-state index in [9.17, 15) is 9.59 Å². The number of likely N-dealkylation sites (tertiary alicyclic amines) is 1. The van der Waals surface area contributed by atoms with Crippen LogP contribution in [0.15, 0.2) is 16.7 Å². The zero-order valence-corrected chi connectivity index (χ0v) is 13.1. The minimum absolute atomic E-state index is 0.106. The first kappa shape index (κ1) is 15.1. The molecule has 1 aliphatic rings. The molecular weight excluding hydrogens is 350 g/mol. The van der Waals surface area contributed by atoms with Crippen LogP contribution in [-0.2, 0) is 4.74 Å². The SMILES string of the molecule is COC(=O)NC1CCN(C(=O)c2cc(Br)cnc2Cl)C1. The van der Waals surface area contributed by atoms with Crippen LogP contribution in [-0.4, -0.2) is 48.1 Å². The molecule has 2 rings (SSSR count). The van der Waals surface area contributed by atoms with Crippen molar-refractivity contribution >= 4 is 39.5 Å². The summed E-state index contributed by atoms with van der Waals surface area (Å²) in [5, 5.41) is 2.85. The third kappa shape index (κ3) is 3.40. The van der Waals surface area contributed by atoms with Crippen molar-refractivity contribution in [3.63, 3.8) is 0 Å². The first-order chi connectivity index (χ1) is 9.51. The van der Waals surface area contributed by atoms with Crippen molar-refractivity contribution in [1.29, 1.82) is 0 Å². The Morgan fingerprint density at radius 2 is 2.35 bits per heavy atom. The summed E-state index contributed by atoms with van der Waals surface area (Å²) in [5.41, 5.74) is 0.347. The molecule has 1 aromatic heterocycles. The van der Waals surface area contributed by atoms with E-state index in [0.29, 0.717) is 29.5 Å². The standard InChI is InChI=1S/C12H13BrClN3O3/c1-20-12(19)16-8-2-3-17(6-8)11(18)9-4-7(13)5-15-10(9)14/h4-5,8H,2-3,6H2,1H3,(H,16,19). The number of ether oxygens (including phenoxy) is 1. The topological polar surface area (TPSA) is 71.5 Å². The number of methoxy groups -OCH3 is 1. The van der Waals surface area contributed by atoms with Crippen LogP contribution in [0.3, 0.4) is 0 Å². The number of aromatic nitrogens is 1. The third-order valence-electron chi connectivity index (χ3n) is 3.02. The van der Waals surface area contributed by atoms with Gasteiger partial charge in [0.1, 0.15) is 5.15 Å². The number of rotatable bonds is 2. The largest absolute Gasteiger partial charge is 0.453 e. The van der Waals surface area contributed by atoms with E-state index in [1.807, 2.05) is 0 Å². The second-order valence-corrected chi connectivity index (χ2v) is 5.64. The van der Waals surface area contributed by atoms with E-state index in [1.165, 1.54) is 13.3 Å². The minimum atomic E-state index is -0.494. The Balaban J connectivity index is 2.04. The van der Waals surface area contributed by atoms with Crippen molar-refractivity contribution in [2.24, 2.45) is 0 Å². The summed E-state index contributed by atoms with van der Waals surface area (Å²) in [6.07, 6.45) is 1.72. The summed E-state index contributed by atoms with van der Waals surface area (Å²) in [6, 6.07) is 1.53. The van der Waals surface area contributed by atoms with Crippen molar-refractivity contribution in [1.82, 2.24) is 15.2 Å². The summed E-state index contributed by atoms with van der Waals surface area (Å²) >= 11 is 9.21. The van der Waals surface area contributed by atoms with Crippen molar-refractivity contribution in [3.05, 3.63) is 27.5 Å². The van der Waals surface area contributed by atoms with Gasteiger partial charge in [-0.15, -0.1) is 0 Å². The lowest BCUT2D eigenvalue weighted by molar-refractivity contribution is 0.0787. The fourth-order valence-electron chi connectivity index (χ4n) is 2.03. The molecule has 0 bridgehead atoms. The number of pyridine rings is 1. The molecule has 2 heterocycles. The van der Waals surface area contributed by atoms with E-state index in [-0.39, 0.29) is 17.1 Å². The Morgan fingerprint density at radius 3 is 3.05 bits per heavy atom. The first-order valence-corrected chi connectivity index (χ1v) is 7.13. The normalized spacial score (nSPS) is 17.9. The lowest BCUT2D eigenvalue weighted by Crippen LogP contribution is -2.38. The number of nitrogens with one attached hydrogen (secondary N) is 1. The Labute approximate surface area is 129 Å². The number of carbonyl (C=O) groups excluding carboxylic acids is 2. The zero-order chi connectivity index (χ0) is 14.7. The Kier molecular flexibility index (Phi) is 4.82. The van der Waals surface area contributed by atoms with Crippen LogP contribution in [0.2, 0.25) is 5.15 Å². The maximum Gasteiger partial charge on any atom is 0.407 e. The molecule has 1 N–H and O–H groups in total. The van der Waals surface area contributed by atoms with Gasteiger partial charge in [-0.1, -0.05) is 11.6 Å². The molecular formula is C12H13BrClN3O3. The maximum atomic E-state index is 12.4. The van der Waals surface area contributed by atoms with Crippen LogP contribution < -0.4 is 5.32 Å². The highest BCUT2D eigenvalue weighted by Gasteiger charge is 2.29. The van der Waals surface area contributed by atoms with E-state index < -0.39 is 6.09 Å². The highest BCUT2D eigenvalue weighted by molar-refractivity contribution is 9.10. The lowest BCUT2D eigenvalue weighted by Gasteiger charge is -2.17. The van der Waals surface area contributed by atoms with E-state index in [4.69, 9.17) is 11.6 Å². The number of amides is 2. The molecule has 0 radical (unpaired) electrons. The van der Waals surface area contributed by atoms with Crippen molar-refractivity contribution in [2.45, 2.75) is 12.5 Å². The molecule has 6 nitrogen and oxygen atoms in total. The second-order valence-electron chi connectivity index (χ2n) is 4.36. The zero-order valence-electron chi connectivity index (χ0n) is 10.7. The molecule has 20 heavy (non-hydrogen) atoms. The van der Waals surface area contributed by atoms with Gasteiger partial charge in [-0.3, -0.25) is 4.79 Å². The molecule has 0 spiro atoms. The first-order valence-electron chi connectivity index (χ1n) is 5.96. The summed E-state index contributed by atoms with van der Waals surface area (Å²) < 4.78 is 5.23. The fraction of sp³-hybridized carbons (Fsp3) is 0.417. The molecule has 1 aliphatic heterocycles. The molecule has 0 aromatic carbocycles. The number of nitrogens with zero attached hydrogens (tertiary/aromatic N) is 2. The van der Waals surface area contributed by atoms with Gasteiger partial charge in [-0.05, 0) is 28.4 Å². The Bertz CT molecular complexity index is 541. The Morgan fingerprint density at radius 1 is 1.60 bits per heavy atom. The number of halogens is 2. The van der Waals surface area contributed by atoms with Crippen LogP contribution >= 0.6 is 27.5 Å². The average molecular weight is 363 g/mol.